The predicted octanol–water partition coefficient (Wildman–Crippen LogP) is 3.83. The second kappa shape index (κ2) is 7.41. The van der Waals surface area contributed by atoms with Crippen molar-refractivity contribution in [3.8, 4) is 0 Å². The molecule has 0 aliphatic carbocycles. The maximum absolute atomic E-state index is 3.72. The Bertz CT molecular complexity index is 394. The van der Waals surface area contributed by atoms with Gasteiger partial charge in [0.05, 0.1) is 0 Å². The van der Waals surface area contributed by atoms with Crippen LogP contribution < -0.4 is 5.32 Å². The lowest BCUT2D eigenvalue weighted by Gasteiger charge is -2.40. The van der Waals surface area contributed by atoms with Crippen LogP contribution in [0.25, 0.3) is 0 Å². The summed E-state index contributed by atoms with van der Waals surface area (Å²) in [6.45, 7) is 5.69. The molecule has 2 nitrogen and oxygen atoms in total. The lowest BCUT2D eigenvalue weighted by Crippen LogP contribution is -2.40. The molecule has 2 unspecified atom stereocenters. The molecule has 0 aromatic heterocycles. The zero-order valence-electron chi connectivity index (χ0n) is 12.0. The molecule has 106 valence electrons. The normalized spacial score (nSPS) is 24.6. The molecular weight excluding hydrogens is 300 g/mol. The van der Waals surface area contributed by atoms with E-state index in [4.69, 9.17) is 0 Å². The average Bonchev–Trinajstić information content (AvgIpc) is 2.41. The van der Waals surface area contributed by atoms with Gasteiger partial charge in [-0.3, -0.25) is 4.90 Å². The number of likely N-dealkylation sites (tertiary alicyclic amines) is 1. The minimum absolute atomic E-state index is 0.536. The van der Waals surface area contributed by atoms with Gasteiger partial charge in [0.2, 0.25) is 0 Å². The number of piperidine rings is 1. The third-order valence-corrected chi connectivity index (χ3v) is 4.79. The highest BCUT2D eigenvalue weighted by atomic mass is 79.9. The molecule has 3 heteroatoms. The summed E-state index contributed by atoms with van der Waals surface area (Å²) in [5.74, 6) is 0.712. The fourth-order valence-corrected chi connectivity index (χ4v) is 3.66. The fourth-order valence-electron chi connectivity index (χ4n) is 3.14. The number of hydrogen-bond acceptors (Lipinski definition) is 2. The van der Waals surface area contributed by atoms with Crippen LogP contribution in [0.15, 0.2) is 28.7 Å². The summed E-state index contributed by atoms with van der Waals surface area (Å²) in [5.41, 5.74) is 1.44. The molecule has 19 heavy (non-hydrogen) atoms. The number of halogens is 1. The number of nitrogens with one attached hydrogen (secondary N) is 1. The molecule has 1 saturated heterocycles. The lowest BCUT2D eigenvalue weighted by molar-refractivity contribution is 0.119. The van der Waals surface area contributed by atoms with Crippen molar-refractivity contribution >= 4 is 15.9 Å². The van der Waals surface area contributed by atoms with E-state index >= 15 is 0 Å². The first-order chi connectivity index (χ1) is 9.24. The first-order valence-corrected chi connectivity index (χ1v) is 8.18. The first kappa shape index (κ1) is 15.0. The second-order valence-corrected chi connectivity index (χ2v) is 6.41. The highest BCUT2D eigenvalue weighted by molar-refractivity contribution is 9.10. The van der Waals surface area contributed by atoms with E-state index in [-0.39, 0.29) is 0 Å². The van der Waals surface area contributed by atoms with Gasteiger partial charge in [0.15, 0.2) is 0 Å². The molecule has 1 aliphatic heterocycles. The van der Waals surface area contributed by atoms with Crippen molar-refractivity contribution in [1.82, 2.24) is 10.2 Å². The Morgan fingerprint density at radius 1 is 1.37 bits per heavy atom. The fraction of sp³-hybridized carbons (Fsp3) is 0.625. The van der Waals surface area contributed by atoms with Crippen molar-refractivity contribution in [2.75, 3.05) is 26.7 Å². The summed E-state index contributed by atoms with van der Waals surface area (Å²) in [6.07, 6.45) is 3.85. The number of hydrogen-bond donors (Lipinski definition) is 1. The van der Waals surface area contributed by atoms with Gasteiger partial charge in [0.1, 0.15) is 0 Å². The zero-order chi connectivity index (χ0) is 13.7. The van der Waals surface area contributed by atoms with Gasteiger partial charge in [0, 0.05) is 10.5 Å². The third-order valence-electron chi connectivity index (χ3n) is 4.06. The molecule has 0 saturated carbocycles. The van der Waals surface area contributed by atoms with Crippen LogP contribution in [0.5, 0.6) is 0 Å². The Labute approximate surface area is 125 Å². The van der Waals surface area contributed by atoms with Crippen LogP contribution in [-0.4, -0.2) is 31.6 Å². The van der Waals surface area contributed by atoms with E-state index in [1.54, 1.807) is 0 Å². The minimum atomic E-state index is 0.536. The van der Waals surface area contributed by atoms with Gasteiger partial charge in [-0.05, 0) is 63.5 Å². The largest absolute Gasteiger partial charge is 0.316 e. The maximum Gasteiger partial charge on any atom is 0.0396 e. The smallest absolute Gasteiger partial charge is 0.0396 e. The molecule has 1 N–H and O–H groups in total. The van der Waals surface area contributed by atoms with Crippen molar-refractivity contribution in [2.45, 2.75) is 32.2 Å². The van der Waals surface area contributed by atoms with Crippen LogP contribution >= 0.6 is 15.9 Å². The molecule has 0 bridgehead atoms. The predicted molar refractivity (Wildman–Crippen MR) is 85.4 cm³/mol. The van der Waals surface area contributed by atoms with Crippen molar-refractivity contribution in [1.29, 1.82) is 0 Å². The van der Waals surface area contributed by atoms with Gasteiger partial charge in [-0.2, -0.15) is 0 Å². The number of benzene rings is 1. The molecule has 2 rings (SSSR count). The topological polar surface area (TPSA) is 15.3 Å². The van der Waals surface area contributed by atoms with Gasteiger partial charge < -0.3 is 5.32 Å². The SMILES string of the molecule is CCCNCC1CCCN(C)C1c1ccccc1Br. The van der Waals surface area contributed by atoms with E-state index in [9.17, 15) is 0 Å². The molecule has 1 aliphatic rings. The van der Waals surface area contributed by atoms with Crippen LogP contribution in [0.1, 0.15) is 37.8 Å². The minimum Gasteiger partial charge on any atom is -0.316 e. The van der Waals surface area contributed by atoms with Gasteiger partial charge in [-0.15, -0.1) is 0 Å². The van der Waals surface area contributed by atoms with Crippen molar-refractivity contribution in [3.63, 3.8) is 0 Å². The van der Waals surface area contributed by atoms with Crippen LogP contribution in [0.3, 0.4) is 0 Å². The molecule has 1 heterocycles. The highest BCUT2D eigenvalue weighted by Crippen LogP contribution is 2.37. The average molecular weight is 325 g/mol. The van der Waals surface area contributed by atoms with E-state index in [2.05, 4.69) is 64.4 Å². The molecule has 0 spiro atoms. The van der Waals surface area contributed by atoms with E-state index in [0.717, 1.165) is 13.1 Å². The Hall–Kier alpha value is -0.380. The Balaban J connectivity index is 2.14. The summed E-state index contributed by atoms with van der Waals surface area (Å²) >= 11 is 3.72. The Kier molecular flexibility index (Phi) is 5.86. The molecule has 0 radical (unpaired) electrons. The number of nitrogens with zero attached hydrogens (tertiary/aromatic N) is 1. The maximum atomic E-state index is 3.72. The summed E-state index contributed by atoms with van der Waals surface area (Å²) in [5, 5.41) is 3.60. The van der Waals surface area contributed by atoms with Crippen LogP contribution in [-0.2, 0) is 0 Å². The first-order valence-electron chi connectivity index (χ1n) is 7.39. The van der Waals surface area contributed by atoms with Crippen LogP contribution in [0.4, 0.5) is 0 Å². The molecule has 1 aromatic rings. The van der Waals surface area contributed by atoms with Gasteiger partial charge in [0.25, 0.3) is 0 Å². The molecule has 0 amide bonds. The molecule has 2 atom stereocenters. The summed E-state index contributed by atoms with van der Waals surface area (Å²) in [7, 11) is 2.26. The molecular formula is C16H25BrN2. The number of rotatable bonds is 5. The quantitative estimate of drug-likeness (QED) is 0.828. The molecule has 1 fully saturated rings. The van der Waals surface area contributed by atoms with E-state index in [1.807, 2.05) is 0 Å². The van der Waals surface area contributed by atoms with Crippen LogP contribution in [0.2, 0.25) is 0 Å². The lowest BCUT2D eigenvalue weighted by atomic mass is 9.85. The zero-order valence-corrected chi connectivity index (χ0v) is 13.6. The summed E-state index contributed by atoms with van der Waals surface area (Å²) in [4.78, 5) is 2.52. The van der Waals surface area contributed by atoms with Crippen LogP contribution in [0, 0.1) is 5.92 Å². The van der Waals surface area contributed by atoms with E-state index in [0.29, 0.717) is 12.0 Å². The monoisotopic (exact) mass is 324 g/mol. The van der Waals surface area contributed by atoms with Gasteiger partial charge in [-0.1, -0.05) is 41.1 Å². The van der Waals surface area contributed by atoms with Crippen molar-refractivity contribution in [3.05, 3.63) is 34.3 Å². The molecule has 1 aromatic carbocycles. The second-order valence-electron chi connectivity index (χ2n) is 5.55. The third kappa shape index (κ3) is 3.80. The van der Waals surface area contributed by atoms with Crippen molar-refractivity contribution in [2.24, 2.45) is 5.92 Å². The summed E-state index contributed by atoms with van der Waals surface area (Å²) in [6, 6.07) is 9.21. The van der Waals surface area contributed by atoms with Gasteiger partial charge in [-0.25, -0.2) is 0 Å². The van der Waals surface area contributed by atoms with Gasteiger partial charge >= 0.3 is 0 Å². The van der Waals surface area contributed by atoms with Crippen molar-refractivity contribution < 1.29 is 0 Å². The van der Waals surface area contributed by atoms with E-state index in [1.165, 1.54) is 35.8 Å². The Morgan fingerprint density at radius 3 is 2.89 bits per heavy atom. The highest BCUT2D eigenvalue weighted by Gasteiger charge is 2.31. The van der Waals surface area contributed by atoms with E-state index < -0.39 is 0 Å². The Morgan fingerprint density at radius 2 is 2.16 bits per heavy atom. The summed E-state index contributed by atoms with van der Waals surface area (Å²) < 4.78 is 1.24. The standard InChI is InChI=1S/C16H25BrN2/c1-3-10-18-12-13-7-6-11-19(2)16(13)14-8-4-5-9-15(14)17/h4-5,8-9,13,16,18H,3,6-7,10-12H2,1-2H3.